The second-order valence-electron chi connectivity index (χ2n) is 9.45. The Kier molecular flexibility index (Phi) is 7.29. The summed E-state index contributed by atoms with van der Waals surface area (Å²) in [4.78, 5) is 36.1. The summed E-state index contributed by atoms with van der Waals surface area (Å²) < 4.78 is 6.83. The Balaban J connectivity index is 0.00000294. The molecule has 0 unspecified atom stereocenters. The number of nitrogens with two attached hydrogens (primary N) is 1. The van der Waals surface area contributed by atoms with Crippen LogP contribution < -0.4 is 15.5 Å². The molecule has 2 aliphatic heterocycles. The minimum atomic E-state index is -0.925. The molecule has 2 fully saturated rings. The molecule has 0 aliphatic carbocycles. The van der Waals surface area contributed by atoms with Crippen molar-refractivity contribution >= 4 is 41.7 Å². The molecule has 0 radical (unpaired) electrons. The minimum Gasteiger partial charge on any atom is -0.478 e. The number of hydrogen-bond donors (Lipinski definition) is 2. The van der Waals surface area contributed by atoms with Crippen molar-refractivity contribution in [1.29, 1.82) is 0 Å². The fraction of sp³-hybridized carbons (Fsp3) is 0.417. The Morgan fingerprint density at radius 2 is 1.95 bits per heavy atom. The molecular weight excluding hydrogens is 512 g/mol. The van der Waals surface area contributed by atoms with E-state index in [9.17, 15) is 9.90 Å². The predicted octanol–water partition coefficient (Wildman–Crippen LogP) is 1.92. The van der Waals surface area contributed by atoms with E-state index >= 15 is 0 Å². The number of aromatic carboxylic acids is 1. The van der Waals surface area contributed by atoms with E-state index in [1.54, 1.807) is 30.7 Å². The van der Waals surface area contributed by atoms with Crippen molar-refractivity contribution in [3.05, 3.63) is 42.4 Å². The second-order valence-corrected chi connectivity index (χ2v) is 9.45. The molecule has 0 spiro atoms. The van der Waals surface area contributed by atoms with E-state index in [2.05, 4.69) is 39.7 Å². The van der Waals surface area contributed by atoms with Crippen LogP contribution in [-0.2, 0) is 0 Å². The maximum Gasteiger partial charge on any atom is 0.337 e. The number of carbonyl (C=O) groups is 1. The summed E-state index contributed by atoms with van der Waals surface area (Å²) in [5.74, 6) is 1.70. The van der Waals surface area contributed by atoms with Crippen LogP contribution in [0, 0.1) is 5.92 Å². The maximum atomic E-state index is 11.6. The monoisotopic (exact) mass is 540 g/mol. The molecule has 3 N–H and O–H groups in total. The lowest BCUT2D eigenvalue weighted by molar-refractivity contribution is 0.0697. The fourth-order valence-electron chi connectivity index (χ4n) is 5.20. The van der Waals surface area contributed by atoms with Gasteiger partial charge in [0.2, 0.25) is 17.7 Å². The van der Waals surface area contributed by atoms with Crippen molar-refractivity contribution < 1.29 is 14.3 Å². The third-order valence-corrected chi connectivity index (χ3v) is 7.02. The molecule has 2 aliphatic rings. The summed E-state index contributed by atoms with van der Waals surface area (Å²) in [5, 5.41) is 13.9. The fourth-order valence-corrected chi connectivity index (χ4v) is 5.20. The number of furan rings is 1. The van der Waals surface area contributed by atoms with Crippen LogP contribution >= 0.6 is 12.4 Å². The quantitative estimate of drug-likeness (QED) is 0.367. The molecule has 4 aromatic rings. The van der Waals surface area contributed by atoms with E-state index in [1.807, 2.05) is 0 Å². The number of piperazine rings is 1. The molecule has 13 nitrogen and oxygen atoms in total. The lowest BCUT2D eigenvalue weighted by Gasteiger charge is -2.40. The standard InChI is InChI=1S/C24H28N10O3.ClH/c25-22-28-23(29-24-27-20(30-34(22)24)19-4-2-12-37-19)33-7-1-3-16(15-33)14-31-8-10-32(11-9-31)18-13-26-6-5-17(18)21(35)36;/h2,4-6,12-13,16H,1,3,7-11,14-15H2,(H,35,36)(H2,25,27,28,29,30);1H/t16-;/m0./s1. The number of nitrogen functional groups attached to an aromatic ring is 1. The highest BCUT2D eigenvalue weighted by Gasteiger charge is 2.27. The number of aromatic nitrogens is 6. The molecular formula is C24H29ClN10O3. The van der Waals surface area contributed by atoms with Crippen LogP contribution in [0.4, 0.5) is 17.6 Å². The van der Waals surface area contributed by atoms with E-state index < -0.39 is 5.97 Å². The molecule has 4 aromatic heterocycles. The SMILES string of the molecule is Cl.Nc1nc(N2CCC[C@@H](CN3CCN(c4cnccc4C(=O)O)CC3)C2)nc2nc(-c3ccco3)nn12. The van der Waals surface area contributed by atoms with Crippen molar-refractivity contribution in [3.8, 4) is 11.6 Å². The number of carboxylic acid groups (broad SMARTS) is 1. The molecule has 0 bridgehead atoms. The zero-order chi connectivity index (χ0) is 25.4. The van der Waals surface area contributed by atoms with E-state index in [0.29, 0.717) is 40.5 Å². The number of anilines is 3. The summed E-state index contributed by atoms with van der Waals surface area (Å²) in [6.07, 6.45) is 6.91. The highest BCUT2D eigenvalue weighted by atomic mass is 35.5. The van der Waals surface area contributed by atoms with Crippen LogP contribution in [0.3, 0.4) is 0 Å². The number of pyridine rings is 1. The molecule has 2 saturated heterocycles. The van der Waals surface area contributed by atoms with Crippen LogP contribution in [0.25, 0.3) is 17.4 Å². The van der Waals surface area contributed by atoms with Gasteiger partial charge in [-0.3, -0.25) is 9.88 Å². The van der Waals surface area contributed by atoms with Crippen LogP contribution in [-0.4, -0.2) is 91.3 Å². The van der Waals surface area contributed by atoms with Gasteiger partial charge in [-0.1, -0.05) is 0 Å². The van der Waals surface area contributed by atoms with Crippen molar-refractivity contribution in [2.75, 3.05) is 61.3 Å². The molecule has 0 amide bonds. The van der Waals surface area contributed by atoms with Gasteiger partial charge < -0.3 is 25.1 Å². The first-order valence-corrected chi connectivity index (χ1v) is 12.4. The third-order valence-electron chi connectivity index (χ3n) is 7.02. The summed E-state index contributed by atoms with van der Waals surface area (Å²) in [6, 6.07) is 5.13. The van der Waals surface area contributed by atoms with Gasteiger partial charge in [-0.15, -0.1) is 17.5 Å². The number of piperidine rings is 1. The third kappa shape index (κ3) is 5.07. The largest absolute Gasteiger partial charge is 0.478 e. The van der Waals surface area contributed by atoms with Gasteiger partial charge in [0.15, 0.2) is 5.76 Å². The van der Waals surface area contributed by atoms with Crippen molar-refractivity contribution in [3.63, 3.8) is 0 Å². The summed E-state index contributed by atoms with van der Waals surface area (Å²) in [6.45, 7) is 5.94. The van der Waals surface area contributed by atoms with Crippen LogP contribution in [0.1, 0.15) is 23.2 Å². The molecule has 38 heavy (non-hydrogen) atoms. The van der Waals surface area contributed by atoms with E-state index in [1.165, 1.54) is 10.7 Å². The number of carboxylic acids is 1. The van der Waals surface area contributed by atoms with Gasteiger partial charge in [0.1, 0.15) is 0 Å². The number of halogens is 1. The Morgan fingerprint density at radius 3 is 2.71 bits per heavy atom. The molecule has 200 valence electrons. The Hall–Kier alpha value is -3.97. The first-order chi connectivity index (χ1) is 18.0. The highest BCUT2D eigenvalue weighted by molar-refractivity contribution is 5.94. The summed E-state index contributed by atoms with van der Waals surface area (Å²) in [5.41, 5.74) is 7.19. The lowest BCUT2D eigenvalue weighted by atomic mass is 9.97. The second kappa shape index (κ2) is 10.8. The van der Waals surface area contributed by atoms with Gasteiger partial charge in [0.05, 0.1) is 23.7 Å². The van der Waals surface area contributed by atoms with Crippen molar-refractivity contribution in [2.45, 2.75) is 12.8 Å². The average molecular weight is 541 g/mol. The normalized spacial score (nSPS) is 18.5. The zero-order valence-corrected chi connectivity index (χ0v) is 21.5. The van der Waals surface area contributed by atoms with Gasteiger partial charge in [0, 0.05) is 52.0 Å². The molecule has 6 rings (SSSR count). The first kappa shape index (κ1) is 25.7. The van der Waals surface area contributed by atoms with Gasteiger partial charge in [-0.05, 0) is 37.0 Å². The predicted molar refractivity (Wildman–Crippen MR) is 143 cm³/mol. The molecule has 0 aromatic carbocycles. The zero-order valence-electron chi connectivity index (χ0n) is 20.7. The average Bonchev–Trinajstić information content (AvgIpc) is 3.60. The van der Waals surface area contributed by atoms with Gasteiger partial charge in [0.25, 0.3) is 5.78 Å². The van der Waals surface area contributed by atoms with Crippen LogP contribution in [0.15, 0.2) is 41.3 Å². The van der Waals surface area contributed by atoms with Gasteiger partial charge in [-0.2, -0.15) is 19.5 Å². The van der Waals surface area contributed by atoms with E-state index in [0.717, 1.165) is 58.7 Å². The molecule has 6 heterocycles. The van der Waals surface area contributed by atoms with E-state index in [4.69, 9.17) is 10.2 Å². The van der Waals surface area contributed by atoms with Crippen LogP contribution in [0.5, 0.6) is 0 Å². The first-order valence-electron chi connectivity index (χ1n) is 12.4. The molecule has 14 heteroatoms. The smallest absolute Gasteiger partial charge is 0.337 e. The van der Waals surface area contributed by atoms with Gasteiger partial charge >= 0.3 is 5.97 Å². The van der Waals surface area contributed by atoms with Gasteiger partial charge in [-0.25, -0.2) is 4.79 Å². The van der Waals surface area contributed by atoms with E-state index in [-0.39, 0.29) is 18.4 Å². The van der Waals surface area contributed by atoms with Crippen molar-refractivity contribution in [1.82, 2.24) is 34.4 Å². The summed E-state index contributed by atoms with van der Waals surface area (Å²) >= 11 is 0. The minimum absolute atomic E-state index is 0. The molecule has 0 saturated carbocycles. The number of nitrogens with zero attached hydrogens (tertiary/aromatic N) is 9. The Bertz CT molecular complexity index is 1400. The Labute approximate surface area is 224 Å². The molecule has 1 atom stereocenters. The van der Waals surface area contributed by atoms with Crippen LogP contribution in [0.2, 0.25) is 0 Å². The highest BCUT2D eigenvalue weighted by Crippen LogP contribution is 2.25. The number of hydrogen-bond acceptors (Lipinski definition) is 11. The number of fused-ring (bicyclic) bond motifs is 1. The lowest BCUT2D eigenvalue weighted by Crippen LogP contribution is -2.50. The number of rotatable bonds is 6. The topological polar surface area (TPSA) is 155 Å². The maximum absolute atomic E-state index is 11.6. The van der Waals surface area contributed by atoms with Crippen molar-refractivity contribution in [2.24, 2.45) is 5.92 Å². The summed E-state index contributed by atoms with van der Waals surface area (Å²) in [7, 11) is 0. The Morgan fingerprint density at radius 1 is 1.11 bits per heavy atom.